The molecule has 1 aromatic heterocycles. The molecule has 2 aromatic carbocycles. The molecule has 0 aliphatic rings. The van der Waals surface area contributed by atoms with Crippen molar-refractivity contribution in [3.05, 3.63) is 65.8 Å². The van der Waals surface area contributed by atoms with E-state index in [2.05, 4.69) is 20.6 Å². The van der Waals surface area contributed by atoms with Crippen LogP contribution in [0.4, 0.5) is 17.3 Å². The molecule has 0 atom stereocenters. The van der Waals surface area contributed by atoms with E-state index in [1.807, 2.05) is 54.6 Å². The number of aromatic nitrogens is 2. The van der Waals surface area contributed by atoms with Gasteiger partial charge in [-0.15, -0.1) is 0 Å². The Kier molecular flexibility index (Phi) is 4.72. The number of amides is 1. The van der Waals surface area contributed by atoms with Crippen molar-refractivity contribution in [1.29, 1.82) is 0 Å². The van der Waals surface area contributed by atoms with Gasteiger partial charge in [-0.3, -0.25) is 4.79 Å². The van der Waals surface area contributed by atoms with Crippen LogP contribution in [0.15, 0.2) is 60.8 Å². The number of anilines is 3. The van der Waals surface area contributed by atoms with Crippen LogP contribution in [0.1, 0.15) is 6.92 Å². The predicted molar refractivity (Wildman–Crippen MR) is 96.5 cm³/mol. The second-order valence-corrected chi connectivity index (χ2v) is 5.54. The van der Waals surface area contributed by atoms with Crippen molar-refractivity contribution in [2.24, 2.45) is 0 Å². The summed E-state index contributed by atoms with van der Waals surface area (Å²) in [6.45, 7) is 1.47. The average Bonchev–Trinajstić information content (AvgIpc) is 2.57. The minimum atomic E-state index is -0.105. The number of nitrogens with one attached hydrogen (secondary N) is 2. The van der Waals surface area contributed by atoms with E-state index in [0.717, 1.165) is 22.6 Å². The Morgan fingerprint density at radius 1 is 1.00 bits per heavy atom. The molecule has 0 aliphatic carbocycles. The zero-order valence-electron chi connectivity index (χ0n) is 13.0. The number of carbonyl (C=O) groups excluding carboxylic acids is 1. The molecule has 0 saturated heterocycles. The topological polar surface area (TPSA) is 66.9 Å². The van der Waals surface area contributed by atoms with Gasteiger partial charge in [-0.25, -0.2) is 9.97 Å². The van der Waals surface area contributed by atoms with Gasteiger partial charge >= 0.3 is 0 Å². The smallest absolute Gasteiger partial charge is 0.227 e. The second-order valence-electron chi connectivity index (χ2n) is 5.13. The fourth-order valence-corrected chi connectivity index (χ4v) is 2.44. The molecule has 6 heteroatoms. The summed E-state index contributed by atoms with van der Waals surface area (Å²) in [6.07, 6.45) is 1.68. The van der Waals surface area contributed by atoms with E-state index in [-0.39, 0.29) is 5.91 Å². The minimum Gasteiger partial charge on any atom is -0.326 e. The van der Waals surface area contributed by atoms with Crippen molar-refractivity contribution in [2.45, 2.75) is 6.92 Å². The number of benzene rings is 2. The molecule has 0 radical (unpaired) electrons. The molecular formula is C18H15ClN4O. The molecule has 0 aliphatic heterocycles. The molecule has 5 nitrogen and oxygen atoms in total. The highest BCUT2D eigenvalue weighted by Gasteiger charge is 2.06. The van der Waals surface area contributed by atoms with Gasteiger partial charge in [0.05, 0.1) is 5.69 Å². The van der Waals surface area contributed by atoms with E-state index >= 15 is 0 Å². The van der Waals surface area contributed by atoms with Crippen LogP contribution in [0.25, 0.3) is 11.3 Å². The molecule has 24 heavy (non-hydrogen) atoms. The molecule has 1 amide bonds. The maximum atomic E-state index is 11.0. The van der Waals surface area contributed by atoms with Crippen LogP contribution >= 0.6 is 11.6 Å². The summed E-state index contributed by atoms with van der Waals surface area (Å²) in [6, 6.07) is 16.6. The van der Waals surface area contributed by atoms with Crippen molar-refractivity contribution in [1.82, 2.24) is 9.97 Å². The monoisotopic (exact) mass is 338 g/mol. The van der Waals surface area contributed by atoms with E-state index in [0.29, 0.717) is 11.0 Å². The van der Waals surface area contributed by atoms with E-state index in [1.165, 1.54) is 6.92 Å². The van der Waals surface area contributed by atoms with Gasteiger partial charge in [0.15, 0.2) is 0 Å². The highest BCUT2D eigenvalue weighted by atomic mass is 35.5. The van der Waals surface area contributed by atoms with Gasteiger partial charge in [0, 0.05) is 35.1 Å². The van der Waals surface area contributed by atoms with Gasteiger partial charge in [-0.05, 0) is 36.4 Å². The van der Waals surface area contributed by atoms with E-state index in [9.17, 15) is 4.79 Å². The maximum Gasteiger partial charge on any atom is 0.227 e. The average molecular weight is 339 g/mol. The first-order valence-electron chi connectivity index (χ1n) is 7.34. The van der Waals surface area contributed by atoms with Crippen LogP contribution in [-0.4, -0.2) is 15.9 Å². The first kappa shape index (κ1) is 16.0. The van der Waals surface area contributed by atoms with Crippen molar-refractivity contribution >= 4 is 34.8 Å². The summed E-state index contributed by atoms with van der Waals surface area (Å²) in [5.41, 5.74) is 3.15. The van der Waals surface area contributed by atoms with Crippen molar-refractivity contribution in [3.8, 4) is 11.3 Å². The molecule has 0 fully saturated rings. The Bertz CT molecular complexity index is 865. The number of nitrogens with zero attached hydrogens (tertiary/aromatic N) is 2. The zero-order chi connectivity index (χ0) is 16.9. The summed E-state index contributed by atoms with van der Waals surface area (Å²) >= 11 is 6.21. The molecule has 0 saturated carbocycles. The third kappa shape index (κ3) is 3.88. The third-order valence-electron chi connectivity index (χ3n) is 3.27. The quantitative estimate of drug-likeness (QED) is 0.735. The van der Waals surface area contributed by atoms with Crippen LogP contribution < -0.4 is 10.6 Å². The number of halogens is 1. The van der Waals surface area contributed by atoms with Crippen molar-refractivity contribution in [2.75, 3.05) is 10.6 Å². The van der Waals surface area contributed by atoms with Gasteiger partial charge in [0.1, 0.15) is 0 Å². The van der Waals surface area contributed by atoms with Crippen LogP contribution in [0.2, 0.25) is 5.02 Å². The lowest BCUT2D eigenvalue weighted by atomic mass is 10.1. The summed E-state index contributed by atoms with van der Waals surface area (Å²) in [5.74, 6) is 0.367. The number of hydrogen-bond donors (Lipinski definition) is 2. The summed E-state index contributed by atoms with van der Waals surface area (Å²) in [7, 11) is 0. The minimum absolute atomic E-state index is 0.105. The molecule has 0 unspecified atom stereocenters. The standard InChI is InChI=1S/C18H15ClN4O/c1-12(24)21-13-6-8-14(9-7-13)22-18-20-11-10-17(23-18)15-4-2-3-5-16(15)19/h2-11H,1H3,(H,21,24)(H,20,22,23). The molecule has 1 heterocycles. The van der Waals surface area contributed by atoms with Gasteiger partial charge in [-0.2, -0.15) is 0 Å². The Balaban J connectivity index is 1.80. The highest BCUT2D eigenvalue weighted by molar-refractivity contribution is 6.33. The lowest BCUT2D eigenvalue weighted by molar-refractivity contribution is -0.114. The lowest BCUT2D eigenvalue weighted by Gasteiger charge is -2.08. The lowest BCUT2D eigenvalue weighted by Crippen LogP contribution is -2.05. The Labute approximate surface area is 144 Å². The van der Waals surface area contributed by atoms with E-state index < -0.39 is 0 Å². The predicted octanol–water partition coefficient (Wildman–Crippen LogP) is 4.50. The Hall–Kier alpha value is -2.92. The fraction of sp³-hybridized carbons (Fsp3) is 0.0556. The SMILES string of the molecule is CC(=O)Nc1ccc(Nc2nccc(-c3ccccc3Cl)n2)cc1. The third-order valence-corrected chi connectivity index (χ3v) is 3.60. The zero-order valence-corrected chi connectivity index (χ0v) is 13.7. The Morgan fingerprint density at radius 2 is 1.71 bits per heavy atom. The van der Waals surface area contributed by atoms with Gasteiger partial charge in [-0.1, -0.05) is 29.8 Å². The highest BCUT2D eigenvalue weighted by Crippen LogP contribution is 2.26. The molecule has 120 valence electrons. The normalized spacial score (nSPS) is 10.2. The van der Waals surface area contributed by atoms with Crippen LogP contribution in [0.3, 0.4) is 0 Å². The van der Waals surface area contributed by atoms with Crippen LogP contribution in [0.5, 0.6) is 0 Å². The molecule has 3 aromatic rings. The first-order valence-corrected chi connectivity index (χ1v) is 7.72. The molecule has 3 rings (SSSR count). The summed E-state index contributed by atoms with van der Waals surface area (Å²) < 4.78 is 0. The van der Waals surface area contributed by atoms with Gasteiger partial charge in [0.2, 0.25) is 11.9 Å². The molecule has 2 N–H and O–H groups in total. The largest absolute Gasteiger partial charge is 0.326 e. The van der Waals surface area contributed by atoms with E-state index in [4.69, 9.17) is 11.6 Å². The van der Waals surface area contributed by atoms with E-state index in [1.54, 1.807) is 6.20 Å². The fourth-order valence-electron chi connectivity index (χ4n) is 2.21. The van der Waals surface area contributed by atoms with Crippen LogP contribution in [0, 0.1) is 0 Å². The number of rotatable bonds is 4. The maximum absolute atomic E-state index is 11.0. The number of carbonyl (C=O) groups is 1. The van der Waals surface area contributed by atoms with Gasteiger partial charge in [0.25, 0.3) is 0 Å². The molecular weight excluding hydrogens is 324 g/mol. The second kappa shape index (κ2) is 7.10. The van der Waals surface area contributed by atoms with Crippen LogP contribution in [-0.2, 0) is 4.79 Å². The first-order chi connectivity index (χ1) is 11.6. The number of hydrogen-bond acceptors (Lipinski definition) is 4. The summed E-state index contributed by atoms with van der Waals surface area (Å²) in [5, 5.41) is 6.50. The van der Waals surface area contributed by atoms with Crippen molar-refractivity contribution < 1.29 is 4.79 Å². The Morgan fingerprint density at radius 3 is 2.42 bits per heavy atom. The van der Waals surface area contributed by atoms with Crippen molar-refractivity contribution in [3.63, 3.8) is 0 Å². The summed E-state index contributed by atoms with van der Waals surface area (Å²) in [4.78, 5) is 19.8. The molecule has 0 spiro atoms. The molecule has 0 bridgehead atoms. The van der Waals surface area contributed by atoms with Gasteiger partial charge < -0.3 is 10.6 Å².